The molecule has 0 saturated heterocycles. The Morgan fingerprint density at radius 3 is 2.33 bits per heavy atom. The van der Waals surface area contributed by atoms with Gasteiger partial charge in [-0.05, 0) is 72.9 Å². The van der Waals surface area contributed by atoms with Gasteiger partial charge in [0.1, 0.15) is 17.5 Å². The zero-order valence-electron chi connectivity index (χ0n) is 26.1. The molecule has 0 radical (unpaired) electrons. The number of amides is 3. The van der Waals surface area contributed by atoms with Crippen LogP contribution in [0, 0.1) is 5.92 Å². The van der Waals surface area contributed by atoms with Crippen LogP contribution in [-0.2, 0) is 38.4 Å². The van der Waals surface area contributed by atoms with Crippen LogP contribution in [0.15, 0.2) is 30.3 Å². The van der Waals surface area contributed by atoms with Crippen molar-refractivity contribution < 1.29 is 43.7 Å². The number of nitrogens with one attached hydrogen (secondary N) is 2. The molecule has 12 nitrogen and oxygen atoms in total. The maximum absolute atomic E-state index is 13.7. The van der Waals surface area contributed by atoms with E-state index in [1.54, 1.807) is 12.1 Å². The van der Waals surface area contributed by atoms with E-state index in [0.717, 1.165) is 43.2 Å². The fourth-order valence-corrected chi connectivity index (χ4v) is 6.33. The summed E-state index contributed by atoms with van der Waals surface area (Å²) in [6.45, 7) is 1.18. The molecule has 248 valence electrons. The lowest BCUT2D eigenvalue weighted by atomic mass is 9.90. The number of primary amides is 1. The lowest BCUT2D eigenvalue weighted by Gasteiger charge is -2.26. The van der Waals surface area contributed by atoms with E-state index in [2.05, 4.69) is 10.6 Å². The van der Waals surface area contributed by atoms with Gasteiger partial charge in [-0.2, -0.15) is 0 Å². The van der Waals surface area contributed by atoms with E-state index in [-0.39, 0.29) is 23.3 Å². The fraction of sp³-hybridized carbons (Fsp3) is 0.500. The van der Waals surface area contributed by atoms with E-state index < -0.39 is 54.8 Å². The van der Waals surface area contributed by atoms with Crippen molar-refractivity contribution in [2.75, 3.05) is 13.2 Å². The zero-order valence-corrected chi connectivity index (χ0v) is 26.1. The molecular weight excluding hydrogens is 594 g/mol. The minimum Gasteiger partial charge on any atom is -0.492 e. The number of nitrogens with two attached hydrogens (primary N) is 1. The summed E-state index contributed by atoms with van der Waals surface area (Å²) in [6, 6.07) is 6.75. The molecule has 0 bridgehead atoms. The molecule has 12 heteroatoms. The first-order valence-electron chi connectivity index (χ1n) is 15.8. The number of carboxylic acids is 2. The predicted molar refractivity (Wildman–Crippen MR) is 168 cm³/mol. The summed E-state index contributed by atoms with van der Waals surface area (Å²) in [5, 5.41) is 24.1. The summed E-state index contributed by atoms with van der Waals surface area (Å²) in [5.41, 5.74) is 8.60. The molecule has 2 aliphatic carbocycles. The Bertz CT molecular complexity index is 1450. The number of fused-ring (bicyclic) bond motifs is 1. The van der Waals surface area contributed by atoms with Crippen molar-refractivity contribution in [1.82, 2.24) is 10.6 Å². The van der Waals surface area contributed by atoms with Gasteiger partial charge in [-0.3, -0.25) is 19.2 Å². The zero-order chi connectivity index (χ0) is 33.2. The van der Waals surface area contributed by atoms with Crippen molar-refractivity contribution in [2.45, 2.75) is 89.6 Å². The highest BCUT2D eigenvalue weighted by atomic mass is 16.5. The summed E-state index contributed by atoms with van der Waals surface area (Å²) < 4.78 is 11.4. The van der Waals surface area contributed by atoms with Gasteiger partial charge in [0.15, 0.2) is 6.61 Å². The van der Waals surface area contributed by atoms with Gasteiger partial charge in [0.2, 0.25) is 11.8 Å². The number of benzene rings is 2. The van der Waals surface area contributed by atoms with E-state index in [0.29, 0.717) is 30.3 Å². The fourth-order valence-electron chi connectivity index (χ4n) is 6.33. The van der Waals surface area contributed by atoms with Gasteiger partial charge in [0.05, 0.1) is 24.6 Å². The van der Waals surface area contributed by atoms with Crippen LogP contribution in [0.5, 0.6) is 11.5 Å². The Hall–Kier alpha value is -4.61. The monoisotopic (exact) mass is 637 g/mol. The van der Waals surface area contributed by atoms with Crippen LogP contribution < -0.4 is 25.8 Å². The maximum atomic E-state index is 13.7. The molecule has 4 rings (SSSR count). The first kappa shape index (κ1) is 34.3. The molecule has 0 aromatic heterocycles. The largest absolute Gasteiger partial charge is 0.492 e. The maximum Gasteiger partial charge on any atom is 0.341 e. The van der Waals surface area contributed by atoms with Crippen molar-refractivity contribution in [3.8, 4) is 11.5 Å². The topological polar surface area (TPSA) is 194 Å². The average molecular weight is 638 g/mol. The molecule has 1 fully saturated rings. The van der Waals surface area contributed by atoms with Gasteiger partial charge in [-0.15, -0.1) is 0 Å². The van der Waals surface area contributed by atoms with Crippen molar-refractivity contribution in [3.63, 3.8) is 0 Å². The third-order valence-electron chi connectivity index (χ3n) is 8.54. The molecule has 1 saturated carbocycles. The average Bonchev–Trinajstić information content (AvgIpc) is 3.20. The van der Waals surface area contributed by atoms with Crippen molar-refractivity contribution >= 4 is 29.7 Å². The minimum absolute atomic E-state index is 0.0390. The van der Waals surface area contributed by atoms with Crippen LogP contribution in [-0.4, -0.2) is 59.1 Å². The van der Waals surface area contributed by atoms with Crippen LogP contribution in [0.3, 0.4) is 0 Å². The van der Waals surface area contributed by atoms with E-state index in [1.165, 1.54) is 38.3 Å². The first-order valence-corrected chi connectivity index (χ1v) is 15.8. The van der Waals surface area contributed by atoms with Gasteiger partial charge >= 0.3 is 11.9 Å². The normalized spacial score (nSPS) is 17.1. The molecule has 0 aliphatic heterocycles. The molecule has 2 unspecified atom stereocenters. The van der Waals surface area contributed by atoms with E-state index in [9.17, 15) is 29.1 Å². The van der Waals surface area contributed by atoms with Crippen LogP contribution >= 0.6 is 0 Å². The van der Waals surface area contributed by atoms with Crippen molar-refractivity contribution in [3.05, 3.63) is 58.1 Å². The Morgan fingerprint density at radius 1 is 0.913 bits per heavy atom. The number of hydrogen-bond donors (Lipinski definition) is 5. The summed E-state index contributed by atoms with van der Waals surface area (Å²) >= 11 is 0. The van der Waals surface area contributed by atoms with E-state index >= 15 is 0 Å². The van der Waals surface area contributed by atoms with E-state index in [4.69, 9.17) is 20.3 Å². The Labute approximate surface area is 268 Å². The van der Waals surface area contributed by atoms with Gasteiger partial charge in [-0.25, -0.2) is 4.79 Å². The molecule has 6 N–H and O–H groups in total. The van der Waals surface area contributed by atoms with Crippen LogP contribution in [0.1, 0.15) is 96.9 Å². The third kappa shape index (κ3) is 9.69. The number of aliphatic carboxylic acids is 2. The SMILES string of the molecule is CC(=O)NC(Cc1ccc(OCC(=O)O)c(CC(=O)O)c1)C(=O)NC1CCCCc2cc(OCC3CCCCC3)c(C(N)=O)cc21. The summed E-state index contributed by atoms with van der Waals surface area (Å²) in [5.74, 6) is -2.82. The molecule has 2 aromatic rings. The highest BCUT2D eigenvalue weighted by Crippen LogP contribution is 2.35. The molecular formula is C34H43N3O9. The van der Waals surface area contributed by atoms with Gasteiger partial charge in [0.25, 0.3) is 5.91 Å². The molecule has 46 heavy (non-hydrogen) atoms. The number of carbonyl (C=O) groups excluding carboxylic acids is 3. The van der Waals surface area contributed by atoms with Crippen LogP contribution in [0.2, 0.25) is 0 Å². The number of carbonyl (C=O) groups is 5. The number of hydrogen-bond acceptors (Lipinski definition) is 7. The summed E-state index contributed by atoms with van der Waals surface area (Å²) in [7, 11) is 0. The van der Waals surface area contributed by atoms with E-state index in [1.807, 2.05) is 6.07 Å². The highest BCUT2D eigenvalue weighted by Gasteiger charge is 2.28. The second-order valence-electron chi connectivity index (χ2n) is 12.2. The lowest BCUT2D eigenvalue weighted by molar-refractivity contribution is -0.139. The summed E-state index contributed by atoms with van der Waals surface area (Å²) in [6.07, 6.45) is 8.48. The first-order chi connectivity index (χ1) is 22.0. The number of carboxylic acid groups (broad SMARTS) is 2. The smallest absolute Gasteiger partial charge is 0.341 e. The van der Waals surface area contributed by atoms with Crippen LogP contribution in [0.4, 0.5) is 0 Å². The van der Waals surface area contributed by atoms with Crippen LogP contribution in [0.25, 0.3) is 0 Å². The number of ether oxygens (including phenoxy) is 2. The molecule has 2 aromatic carbocycles. The molecule has 0 spiro atoms. The van der Waals surface area contributed by atoms with Crippen molar-refractivity contribution in [2.24, 2.45) is 11.7 Å². The quantitative estimate of drug-likeness (QED) is 0.193. The second kappa shape index (κ2) is 16.1. The Kier molecular flexibility index (Phi) is 12.0. The van der Waals surface area contributed by atoms with Gasteiger partial charge in [-0.1, -0.05) is 37.8 Å². The number of rotatable bonds is 14. The Balaban J connectivity index is 1.55. The lowest BCUT2D eigenvalue weighted by Crippen LogP contribution is -2.48. The third-order valence-corrected chi connectivity index (χ3v) is 8.54. The molecule has 2 aliphatic rings. The predicted octanol–water partition coefficient (Wildman–Crippen LogP) is 3.47. The Morgan fingerprint density at radius 2 is 1.65 bits per heavy atom. The molecule has 0 heterocycles. The van der Waals surface area contributed by atoms with Gasteiger partial charge in [0, 0.05) is 18.9 Å². The minimum atomic E-state index is -1.21. The highest BCUT2D eigenvalue weighted by molar-refractivity contribution is 5.96. The standard InChI is InChI=1S/C34H43N3O9/c1-20(38)36-28(14-22-11-12-29(46-19-32(41)42)24(13-22)16-31(39)40)34(44)37-27-10-6-5-9-23-15-30(26(33(35)43)17-25(23)27)45-18-21-7-3-2-4-8-21/h11-13,15,17,21,27-28H,2-10,14,16,18-19H2,1H3,(H2,35,43)(H,36,38)(H,37,44)(H,39,40)(H,41,42). The number of aryl methyl sites for hydroxylation is 1. The van der Waals surface area contributed by atoms with Gasteiger partial charge < -0.3 is 36.1 Å². The molecule has 3 amide bonds. The molecule has 2 atom stereocenters. The van der Waals surface area contributed by atoms with Crippen molar-refractivity contribution in [1.29, 1.82) is 0 Å². The second-order valence-corrected chi connectivity index (χ2v) is 12.2. The summed E-state index contributed by atoms with van der Waals surface area (Å²) in [4.78, 5) is 60.8.